The van der Waals surface area contributed by atoms with Crippen molar-refractivity contribution in [3.05, 3.63) is 24.3 Å². The zero-order chi connectivity index (χ0) is 14.5. The number of benzene rings is 1. The van der Waals surface area contributed by atoms with Crippen molar-refractivity contribution in [1.29, 1.82) is 0 Å². The molecular formula is C11H17NO5S2. The number of sulfonamides is 1. The van der Waals surface area contributed by atoms with Crippen LogP contribution in [-0.4, -0.2) is 35.5 Å². The number of primary sulfonamides is 1. The van der Waals surface area contributed by atoms with Gasteiger partial charge < -0.3 is 4.74 Å². The van der Waals surface area contributed by atoms with Gasteiger partial charge in [0.2, 0.25) is 10.0 Å². The van der Waals surface area contributed by atoms with Gasteiger partial charge in [-0.3, -0.25) is 0 Å². The molecule has 0 spiro atoms. The van der Waals surface area contributed by atoms with E-state index in [1.54, 1.807) is 18.2 Å². The molecule has 2 rings (SSSR count). The maximum absolute atomic E-state index is 10.9. The molecule has 0 radical (unpaired) electrons. The molecule has 0 atom stereocenters. The van der Waals surface area contributed by atoms with E-state index < -0.39 is 19.9 Å². The van der Waals surface area contributed by atoms with Crippen molar-refractivity contribution in [3.8, 4) is 5.75 Å². The molecule has 0 amide bonds. The smallest absolute Gasteiger partial charge is 0.241 e. The number of rotatable bonds is 2. The summed E-state index contributed by atoms with van der Waals surface area (Å²) in [6, 6.07) is 6.20. The number of ether oxygens (including phenoxy) is 1. The third kappa shape index (κ3) is 5.17. The SMILES string of the molecule is COc1ccccc1S(N)(=O)=O.O=S1(=O)CCCC1. The molecule has 108 valence electrons. The fourth-order valence-corrected chi connectivity index (χ4v) is 3.79. The van der Waals surface area contributed by atoms with Crippen LogP contribution in [0.3, 0.4) is 0 Å². The minimum Gasteiger partial charge on any atom is -0.495 e. The van der Waals surface area contributed by atoms with Crippen LogP contribution in [0.5, 0.6) is 5.75 Å². The summed E-state index contributed by atoms with van der Waals surface area (Å²) in [6.45, 7) is 0. The van der Waals surface area contributed by atoms with Gasteiger partial charge in [0.25, 0.3) is 0 Å². The van der Waals surface area contributed by atoms with Crippen LogP contribution in [0.4, 0.5) is 0 Å². The largest absolute Gasteiger partial charge is 0.495 e. The number of hydrogen-bond donors (Lipinski definition) is 1. The monoisotopic (exact) mass is 307 g/mol. The topological polar surface area (TPSA) is 104 Å². The van der Waals surface area contributed by atoms with Crippen LogP contribution in [0.2, 0.25) is 0 Å². The summed E-state index contributed by atoms with van der Waals surface area (Å²) in [6.07, 6.45) is 1.75. The summed E-state index contributed by atoms with van der Waals surface area (Å²) in [4.78, 5) is 0.00694. The van der Waals surface area contributed by atoms with Crippen LogP contribution in [-0.2, 0) is 19.9 Å². The Morgan fingerprint density at radius 1 is 1.16 bits per heavy atom. The Balaban J connectivity index is 0.000000218. The highest BCUT2D eigenvalue weighted by Gasteiger charge is 2.16. The van der Waals surface area contributed by atoms with Gasteiger partial charge in [-0.25, -0.2) is 22.0 Å². The Labute approximate surface area is 113 Å². The molecule has 6 nitrogen and oxygen atoms in total. The van der Waals surface area contributed by atoms with Gasteiger partial charge in [-0.15, -0.1) is 0 Å². The van der Waals surface area contributed by atoms with Crippen LogP contribution >= 0.6 is 0 Å². The maximum Gasteiger partial charge on any atom is 0.241 e. The predicted octanol–water partition coefficient (Wildman–Crippen LogP) is 0.538. The molecule has 0 unspecified atom stereocenters. The lowest BCUT2D eigenvalue weighted by atomic mass is 10.3. The van der Waals surface area contributed by atoms with Gasteiger partial charge in [-0.1, -0.05) is 12.1 Å². The highest BCUT2D eigenvalue weighted by atomic mass is 32.2. The first kappa shape index (κ1) is 15.9. The van der Waals surface area contributed by atoms with Crippen LogP contribution in [0, 0.1) is 0 Å². The quantitative estimate of drug-likeness (QED) is 0.858. The zero-order valence-corrected chi connectivity index (χ0v) is 12.2. The Morgan fingerprint density at radius 2 is 1.68 bits per heavy atom. The fraction of sp³-hybridized carbons (Fsp3) is 0.455. The first-order valence-electron chi connectivity index (χ1n) is 5.62. The number of nitrogens with two attached hydrogens (primary N) is 1. The second-order valence-electron chi connectivity index (χ2n) is 4.05. The van der Waals surface area contributed by atoms with E-state index in [2.05, 4.69) is 0 Å². The van der Waals surface area contributed by atoms with Crippen LogP contribution in [0.25, 0.3) is 0 Å². The van der Waals surface area contributed by atoms with Crippen molar-refractivity contribution >= 4 is 19.9 Å². The second kappa shape index (κ2) is 6.36. The first-order valence-corrected chi connectivity index (χ1v) is 8.99. The van der Waals surface area contributed by atoms with E-state index in [1.165, 1.54) is 13.2 Å². The molecule has 19 heavy (non-hydrogen) atoms. The molecular weight excluding hydrogens is 290 g/mol. The van der Waals surface area contributed by atoms with Gasteiger partial charge in [0, 0.05) is 0 Å². The molecule has 1 aliphatic rings. The Kier molecular flexibility index (Phi) is 5.33. The lowest BCUT2D eigenvalue weighted by Gasteiger charge is -2.04. The summed E-state index contributed by atoms with van der Waals surface area (Å²) in [5.41, 5.74) is 0. The molecule has 0 saturated carbocycles. The van der Waals surface area contributed by atoms with E-state index in [1.807, 2.05) is 0 Å². The van der Waals surface area contributed by atoms with Crippen molar-refractivity contribution in [2.24, 2.45) is 5.14 Å². The molecule has 1 aliphatic heterocycles. The zero-order valence-electron chi connectivity index (χ0n) is 10.6. The summed E-state index contributed by atoms with van der Waals surface area (Å²) < 4.78 is 47.5. The lowest BCUT2D eigenvalue weighted by molar-refractivity contribution is 0.403. The highest BCUT2D eigenvalue weighted by Crippen LogP contribution is 2.20. The minimum atomic E-state index is -3.67. The standard InChI is InChI=1S/C7H9NO3S.C4H8O2S/c1-11-6-4-2-3-5-7(6)12(8,9)10;5-7(6)3-1-2-4-7/h2-5H,1H3,(H2,8,9,10);1-4H2. The first-order chi connectivity index (χ1) is 8.76. The van der Waals surface area contributed by atoms with Gasteiger partial charge in [0.15, 0.2) is 0 Å². The van der Waals surface area contributed by atoms with E-state index >= 15 is 0 Å². The van der Waals surface area contributed by atoms with Crippen molar-refractivity contribution in [2.75, 3.05) is 18.6 Å². The fourth-order valence-electron chi connectivity index (χ4n) is 1.60. The van der Waals surface area contributed by atoms with E-state index in [-0.39, 0.29) is 10.6 Å². The number of hydrogen-bond acceptors (Lipinski definition) is 5. The third-order valence-corrected chi connectivity index (χ3v) is 5.31. The Morgan fingerprint density at radius 3 is 2.00 bits per heavy atom. The second-order valence-corrected chi connectivity index (χ2v) is 7.89. The van der Waals surface area contributed by atoms with Crippen molar-refractivity contribution in [3.63, 3.8) is 0 Å². The molecule has 0 aliphatic carbocycles. The Hall–Kier alpha value is -1.12. The Bertz CT molecular complexity index is 610. The average molecular weight is 307 g/mol. The predicted molar refractivity (Wildman–Crippen MR) is 72.3 cm³/mol. The van der Waals surface area contributed by atoms with Crippen molar-refractivity contribution < 1.29 is 21.6 Å². The number of para-hydroxylation sites is 1. The lowest BCUT2D eigenvalue weighted by Crippen LogP contribution is -2.13. The van der Waals surface area contributed by atoms with Crippen LogP contribution < -0.4 is 9.88 Å². The van der Waals surface area contributed by atoms with E-state index in [0.717, 1.165) is 12.8 Å². The number of methoxy groups -OCH3 is 1. The van der Waals surface area contributed by atoms with Gasteiger partial charge in [0.1, 0.15) is 20.5 Å². The summed E-state index contributed by atoms with van der Waals surface area (Å²) in [5, 5.41) is 4.93. The summed E-state index contributed by atoms with van der Waals surface area (Å²) in [5.74, 6) is 1.11. The minimum absolute atomic E-state index is 0.00694. The van der Waals surface area contributed by atoms with E-state index in [4.69, 9.17) is 9.88 Å². The van der Waals surface area contributed by atoms with Gasteiger partial charge in [-0.2, -0.15) is 0 Å². The summed E-state index contributed by atoms with van der Waals surface area (Å²) >= 11 is 0. The number of sulfone groups is 1. The highest BCUT2D eigenvalue weighted by molar-refractivity contribution is 7.91. The van der Waals surface area contributed by atoms with Crippen molar-refractivity contribution in [2.45, 2.75) is 17.7 Å². The molecule has 1 heterocycles. The van der Waals surface area contributed by atoms with Gasteiger partial charge in [-0.05, 0) is 25.0 Å². The van der Waals surface area contributed by atoms with Crippen LogP contribution in [0.1, 0.15) is 12.8 Å². The molecule has 1 aromatic carbocycles. The molecule has 1 saturated heterocycles. The van der Waals surface area contributed by atoms with Gasteiger partial charge in [0.05, 0.1) is 18.6 Å². The maximum atomic E-state index is 10.9. The molecule has 0 aromatic heterocycles. The van der Waals surface area contributed by atoms with E-state index in [9.17, 15) is 16.8 Å². The van der Waals surface area contributed by atoms with Crippen molar-refractivity contribution in [1.82, 2.24) is 0 Å². The normalized spacial score (nSPS) is 17.4. The van der Waals surface area contributed by atoms with Gasteiger partial charge >= 0.3 is 0 Å². The molecule has 1 fully saturated rings. The molecule has 2 N–H and O–H groups in total. The molecule has 8 heteroatoms. The molecule has 0 bridgehead atoms. The molecule has 1 aromatic rings. The summed E-state index contributed by atoms with van der Waals surface area (Å²) in [7, 11) is -4.82. The van der Waals surface area contributed by atoms with Crippen LogP contribution in [0.15, 0.2) is 29.2 Å². The average Bonchev–Trinajstić information content (AvgIpc) is 2.73. The third-order valence-electron chi connectivity index (χ3n) is 2.54. The van der Waals surface area contributed by atoms with E-state index in [0.29, 0.717) is 11.5 Å².